The van der Waals surface area contributed by atoms with Crippen molar-refractivity contribution in [2.24, 2.45) is 4.99 Å². The second-order valence-corrected chi connectivity index (χ2v) is 6.24. The molecule has 1 unspecified atom stereocenters. The number of para-hydroxylation sites is 1. The van der Waals surface area contributed by atoms with Gasteiger partial charge in [-0.15, -0.1) is 0 Å². The molecule has 0 aliphatic carbocycles. The van der Waals surface area contributed by atoms with E-state index in [0.29, 0.717) is 25.5 Å². The molecule has 3 rings (SSSR count). The number of nitrogens with one attached hydrogen (secondary N) is 3. The summed E-state index contributed by atoms with van der Waals surface area (Å²) in [5, 5.41) is 9.40. The number of hydrogen-bond donors (Lipinski definition) is 3. The first kappa shape index (κ1) is 17.9. The number of halogens is 1. The number of hydrogen-bond acceptors (Lipinski definition) is 2. The molecule has 0 fully saturated rings. The number of anilines is 1. The average molecular weight is 354 g/mol. The van der Waals surface area contributed by atoms with E-state index >= 15 is 0 Å². The van der Waals surface area contributed by atoms with Gasteiger partial charge in [-0.2, -0.15) is 0 Å². The third-order valence-corrected chi connectivity index (χ3v) is 4.28. The molecule has 0 saturated heterocycles. The van der Waals surface area contributed by atoms with E-state index in [2.05, 4.69) is 20.9 Å². The number of fused-ring (bicyclic) bond motifs is 1. The van der Waals surface area contributed by atoms with Gasteiger partial charge in [-0.3, -0.25) is 4.79 Å². The first-order chi connectivity index (χ1) is 12.7. The summed E-state index contributed by atoms with van der Waals surface area (Å²) in [5.41, 5.74) is 2.81. The minimum atomic E-state index is -0.263. The highest BCUT2D eigenvalue weighted by molar-refractivity contribution is 5.94. The SMILES string of the molecule is CCNC(=NCc1cccc(F)c1)NCC1CC(=O)Nc2ccccc21. The van der Waals surface area contributed by atoms with Crippen LogP contribution in [-0.4, -0.2) is 25.0 Å². The number of aliphatic imine (C=N–C) groups is 1. The highest BCUT2D eigenvalue weighted by Crippen LogP contribution is 2.31. The summed E-state index contributed by atoms with van der Waals surface area (Å²) >= 11 is 0. The van der Waals surface area contributed by atoms with Gasteiger partial charge in [-0.05, 0) is 36.2 Å². The van der Waals surface area contributed by atoms with Crippen LogP contribution in [0.25, 0.3) is 0 Å². The number of guanidine groups is 1. The Morgan fingerprint density at radius 1 is 1.23 bits per heavy atom. The minimum Gasteiger partial charge on any atom is -0.357 e. The Morgan fingerprint density at radius 2 is 2.08 bits per heavy atom. The molecule has 5 nitrogen and oxygen atoms in total. The molecule has 2 aromatic carbocycles. The minimum absolute atomic E-state index is 0.0252. The predicted molar refractivity (Wildman–Crippen MR) is 102 cm³/mol. The predicted octanol–water partition coefficient (Wildman–Crippen LogP) is 3.01. The van der Waals surface area contributed by atoms with Crippen molar-refractivity contribution in [3.05, 3.63) is 65.5 Å². The third kappa shape index (κ3) is 4.59. The number of carbonyl (C=O) groups excluding carboxylic acids is 1. The molecule has 2 aromatic rings. The van der Waals surface area contributed by atoms with E-state index in [1.807, 2.05) is 37.3 Å². The molecule has 1 amide bonds. The van der Waals surface area contributed by atoms with Gasteiger partial charge in [-0.1, -0.05) is 30.3 Å². The first-order valence-electron chi connectivity index (χ1n) is 8.81. The molecule has 0 radical (unpaired) electrons. The van der Waals surface area contributed by atoms with Crippen molar-refractivity contribution >= 4 is 17.6 Å². The lowest BCUT2D eigenvalue weighted by Crippen LogP contribution is -2.40. The van der Waals surface area contributed by atoms with E-state index in [-0.39, 0.29) is 17.6 Å². The van der Waals surface area contributed by atoms with Gasteiger partial charge in [0.05, 0.1) is 6.54 Å². The monoisotopic (exact) mass is 354 g/mol. The third-order valence-electron chi connectivity index (χ3n) is 4.28. The Kier molecular flexibility index (Phi) is 5.84. The standard InChI is InChI=1S/C20H23FN4O/c1-2-22-20(23-12-14-6-5-7-16(21)10-14)24-13-15-11-19(26)25-18-9-4-3-8-17(15)18/h3-10,15H,2,11-13H2,1H3,(H,25,26)(H2,22,23,24). The van der Waals surface area contributed by atoms with E-state index in [1.54, 1.807) is 6.07 Å². The van der Waals surface area contributed by atoms with Crippen molar-refractivity contribution in [2.75, 3.05) is 18.4 Å². The van der Waals surface area contributed by atoms with Crippen LogP contribution in [0.3, 0.4) is 0 Å². The van der Waals surface area contributed by atoms with E-state index in [1.165, 1.54) is 12.1 Å². The fourth-order valence-electron chi connectivity index (χ4n) is 3.05. The van der Waals surface area contributed by atoms with Gasteiger partial charge in [0, 0.05) is 31.1 Å². The number of carbonyl (C=O) groups is 1. The van der Waals surface area contributed by atoms with Crippen LogP contribution in [0.1, 0.15) is 30.4 Å². The van der Waals surface area contributed by atoms with E-state index in [4.69, 9.17) is 0 Å². The molecule has 1 aliphatic rings. The van der Waals surface area contributed by atoms with Crippen LogP contribution in [0, 0.1) is 5.82 Å². The van der Waals surface area contributed by atoms with Crippen LogP contribution < -0.4 is 16.0 Å². The smallest absolute Gasteiger partial charge is 0.225 e. The first-order valence-corrected chi connectivity index (χ1v) is 8.81. The highest BCUT2D eigenvalue weighted by Gasteiger charge is 2.24. The lowest BCUT2D eigenvalue weighted by Gasteiger charge is -2.26. The summed E-state index contributed by atoms with van der Waals surface area (Å²) < 4.78 is 13.3. The summed E-state index contributed by atoms with van der Waals surface area (Å²) in [6.45, 7) is 3.69. The van der Waals surface area contributed by atoms with Crippen LogP contribution in [0.4, 0.5) is 10.1 Å². The molecule has 26 heavy (non-hydrogen) atoms. The van der Waals surface area contributed by atoms with Crippen molar-refractivity contribution in [3.8, 4) is 0 Å². The van der Waals surface area contributed by atoms with E-state index in [0.717, 1.165) is 23.4 Å². The molecule has 1 aliphatic heterocycles. The van der Waals surface area contributed by atoms with Crippen LogP contribution in [0.2, 0.25) is 0 Å². The molecule has 3 N–H and O–H groups in total. The van der Waals surface area contributed by atoms with Crippen LogP contribution in [-0.2, 0) is 11.3 Å². The number of nitrogens with zero attached hydrogens (tertiary/aromatic N) is 1. The Bertz CT molecular complexity index is 806. The summed E-state index contributed by atoms with van der Waals surface area (Å²) in [5.74, 6) is 0.496. The number of amides is 1. The summed E-state index contributed by atoms with van der Waals surface area (Å²) in [6, 6.07) is 14.3. The second-order valence-electron chi connectivity index (χ2n) is 6.24. The zero-order valence-electron chi connectivity index (χ0n) is 14.8. The van der Waals surface area contributed by atoms with Gasteiger partial charge in [0.1, 0.15) is 5.82 Å². The van der Waals surface area contributed by atoms with Gasteiger partial charge in [0.15, 0.2) is 5.96 Å². The van der Waals surface area contributed by atoms with Crippen LogP contribution in [0.15, 0.2) is 53.5 Å². The maximum Gasteiger partial charge on any atom is 0.225 e. The molecule has 136 valence electrons. The molecule has 1 heterocycles. The summed E-state index contributed by atoms with van der Waals surface area (Å²) in [7, 11) is 0. The Morgan fingerprint density at radius 3 is 2.88 bits per heavy atom. The van der Waals surface area contributed by atoms with E-state index < -0.39 is 0 Å². The Balaban J connectivity index is 1.67. The fourth-order valence-corrected chi connectivity index (χ4v) is 3.05. The normalized spacial score (nSPS) is 16.6. The molecular formula is C20H23FN4O. The molecule has 0 bridgehead atoms. The highest BCUT2D eigenvalue weighted by atomic mass is 19.1. The average Bonchev–Trinajstić information content (AvgIpc) is 2.63. The Labute approximate surface area is 152 Å². The van der Waals surface area contributed by atoms with Crippen LogP contribution in [0.5, 0.6) is 0 Å². The number of benzene rings is 2. The molecule has 0 saturated carbocycles. The largest absolute Gasteiger partial charge is 0.357 e. The Hall–Kier alpha value is -2.89. The summed E-state index contributed by atoms with van der Waals surface area (Å²) in [6.07, 6.45) is 0.438. The van der Waals surface area contributed by atoms with Crippen molar-refractivity contribution < 1.29 is 9.18 Å². The zero-order valence-corrected chi connectivity index (χ0v) is 14.8. The van der Waals surface area contributed by atoms with Crippen molar-refractivity contribution in [3.63, 3.8) is 0 Å². The molecule has 1 atom stereocenters. The van der Waals surface area contributed by atoms with Gasteiger partial charge >= 0.3 is 0 Å². The van der Waals surface area contributed by atoms with Gasteiger partial charge in [0.25, 0.3) is 0 Å². The maximum atomic E-state index is 13.3. The number of rotatable bonds is 5. The molecular weight excluding hydrogens is 331 g/mol. The lowest BCUT2D eigenvalue weighted by atomic mass is 9.90. The zero-order chi connectivity index (χ0) is 18.4. The maximum absolute atomic E-state index is 13.3. The van der Waals surface area contributed by atoms with Gasteiger partial charge in [0.2, 0.25) is 5.91 Å². The molecule has 0 aromatic heterocycles. The van der Waals surface area contributed by atoms with E-state index in [9.17, 15) is 9.18 Å². The molecule has 0 spiro atoms. The van der Waals surface area contributed by atoms with Crippen LogP contribution >= 0.6 is 0 Å². The quantitative estimate of drug-likeness (QED) is 0.571. The van der Waals surface area contributed by atoms with Crippen molar-refractivity contribution in [1.29, 1.82) is 0 Å². The fraction of sp³-hybridized carbons (Fsp3) is 0.300. The second kappa shape index (κ2) is 8.47. The summed E-state index contributed by atoms with van der Waals surface area (Å²) in [4.78, 5) is 16.4. The van der Waals surface area contributed by atoms with Gasteiger partial charge in [-0.25, -0.2) is 9.38 Å². The molecule has 6 heteroatoms. The van der Waals surface area contributed by atoms with Crippen molar-refractivity contribution in [1.82, 2.24) is 10.6 Å². The van der Waals surface area contributed by atoms with Gasteiger partial charge < -0.3 is 16.0 Å². The van der Waals surface area contributed by atoms with Crippen molar-refractivity contribution in [2.45, 2.75) is 25.8 Å². The topological polar surface area (TPSA) is 65.5 Å². The lowest BCUT2D eigenvalue weighted by molar-refractivity contribution is -0.116.